The standard InChI is InChI=1S/C24H25N3O2/c1-2-3-14-25-24-22(19-11-7-12-20(28)16-19)26-23-21(13-8-15-27(23)24)29-17-18-9-5-4-6-10-18/h4-13,15-16,25,28H,2-3,14,17H2,1H3. The molecule has 0 aliphatic carbocycles. The van der Waals surface area contributed by atoms with Crippen LogP contribution >= 0.6 is 0 Å². The van der Waals surface area contributed by atoms with Gasteiger partial charge in [0.15, 0.2) is 11.4 Å². The molecule has 148 valence electrons. The maximum absolute atomic E-state index is 9.94. The molecule has 0 unspecified atom stereocenters. The number of unbranched alkanes of at least 4 members (excludes halogenated alkanes) is 1. The molecule has 0 saturated carbocycles. The molecule has 0 spiro atoms. The van der Waals surface area contributed by atoms with E-state index in [1.165, 1.54) is 0 Å². The Balaban J connectivity index is 1.74. The van der Waals surface area contributed by atoms with E-state index >= 15 is 0 Å². The number of nitrogens with zero attached hydrogens (tertiary/aromatic N) is 2. The van der Waals surface area contributed by atoms with Crippen molar-refractivity contribution in [3.8, 4) is 22.8 Å². The van der Waals surface area contributed by atoms with Crippen molar-refractivity contribution in [3.63, 3.8) is 0 Å². The molecule has 5 nitrogen and oxygen atoms in total. The van der Waals surface area contributed by atoms with Gasteiger partial charge in [0.05, 0.1) is 0 Å². The number of fused-ring (bicyclic) bond motifs is 1. The van der Waals surface area contributed by atoms with Gasteiger partial charge in [0.1, 0.15) is 23.9 Å². The van der Waals surface area contributed by atoms with Crippen LogP contribution in [0.25, 0.3) is 16.9 Å². The van der Waals surface area contributed by atoms with Gasteiger partial charge in [-0.15, -0.1) is 0 Å². The molecule has 2 heterocycles. The van der Waals surface area contributed by atoms with Gasteiger partial charge in [-0.25, -0.2) is 4.98 Å². The number of anilines is 1. The van der Waals surface area contributed by atoms with Gasteiger partial charge < -0.3 is 15.2 Å². The van der Waals surface area contributed by atoms with Gasteiger partial charge in [-0.1, -0.05) is 55.8 Å². The van der Waals surface area contributed by atoms with Crippen molar-refractivity contribution in [1.82, 2.24) is 9.38 Å². The fraction of sp³-hybridized carbons (Fsp3) is 0.208. The maximum atomic E-state index is 9.94. The third-order valence-electron chi connectivity index (χ3n) is 4.79. The highest BCUT2D eigenvalue weighted by Gasteiger charge is 2.17. The van der Waals surface area contributed by atoms with Gasteiger partial charge >= 0.3 is 0 Å². The van der Waals surface area contributed by atoms with Crippen LogP contribution in [0.2, 0.25) is 0 Å². The number of rotatable bonds is 8. The van der Waals surface area contributed by atoms with Gasteiger partial charge in [0, 0.05) is 18.3 Å². The Morgan fingerprint density at radius 3 is 2.69 bits per heavy atom. The molecule has 5 heteroatoms. The fourth-order valence-electron chi connectivity index (χ4n) is 3.30. The van der Waals surface area contributed by atoms with E-state index in [0.717, 1.165) is 53.4 Å². The average molecular weight is 387 g/mol. The Labute approximate surface area is 170 Å². The molecule has 0 aliphatic rings. The second kappa shape index (κ2) is 8.69. The lowest BCUT2D eigenvalue weighted by atomic mass is 10.1. The smallest absolute Gasteiger partial charge is 0.181 e. The zero-order chi connectivity index (χ0) is 20.1. The van der Waals surface area contributed by atoms with Gasteiger partial charge in [0.25, 0.3) is 0 Å². The largest absolute Gasteiger partial charge is 0.508 e. The number of imidazole rings is 1. The molecule has 4 rings (SSSR count). The average Bonchev–Trinajstić information content (AvgIpc) is 3.12. The summed E-state index contributed by atoms with van der Waals surface area (Å²) in [7, 11) is 0. The molecule has 2 aromatic heterocycles. The number of phenolic OH excluding ortho intramolecular Hbond substituents is 1. The molecule has 2 N–H and O–H groups in total. The molecule has 2 aromatic carbocycles. The minimum atomic E-state index is 0.222. The quantitative estimate of drug-likeness (QED) is 0.392. The van der Waals surface area contributed by atoms with E-state index < -0.39 is 0 Å². The third kappa shape index (κ3) is 4.19. The van der Waals surface area contributed by atoms with E-state index in [0.29, 0.717) is 6.61 Å². The van der Waals surface area contributed by atoms with Crippen LogP contribution in [-0.4, -0.2) is 21.0 Å². The SMILES string of the molecule is CCCCNc1c(-c2cccc(O)c2)nc2c(OCc3ccccc3)cccn12. The van der Waals surface area contributed by atoms with Gasteiger partial charge in [-0.3, -0.25) is 4.40 Å². The second-order valence-electron chi connectivity index (χ2n) is 6.98. The first-order chi connectivity index (χ1) is 14.3. The number of nitrogens with one attached hydrogen (secondary N) is 1. The Morgan fingerprint density at radius 2 is 1.90 bits per heavy atom. The lowest BCUT2D eigenvalue weighted by Gasteiger charge is -2.10. The summed E-state index contributed by atoms with van der Waals surface area (Å²) in [5.41, 5.74) is 3.52. The van der Waals surface area contributed by atoms with Crippen molar-refractivity contribution in [2.45, 2.75) is 26.4 Å². The highest BCUT2D eigenvalue weighted by Crippen LogP contribution is 2.33. The Hall–Kier alpha value is -3.47. The van der Waals surface area contributed by atoms with Crippen LogP contribution in [0.15, 0.2) is 72.9 Å². The fourth-order valence-corrected chi connectivity index (χ4v) is 3.30. The molecule has 4 aromatic rings. The molecule has 0 bridgehead atoms. The van der Waals surface area contributed by atoms with E-state index in [-0.39, 0.29) is 5.75 Å². The molecule has 0 radical (unpaired) electrons. The third-order valence-corrected chi connectivity index (χ3v) is 4.79. The van der Waals surface area contributed by atoms with Gasteiger partial charge in [-0.2, -0.15) is 0 Å². The minimum Gasteiger partial charge on any atom is -0.508 e. The number of aromatic hydroxyl groups is 1. The van der Waals surface area contributed by atoms with Crippen LogP contribution in [0.5, 0.6) is 11.5 Å². The minimum absolute atomic E-state index is 0.222. The zero-order valence-corrected chi connectivity index (χ0v) is 16.5. The van der Waals surface area contributed by atoms with Crippen LogP contribution in [0.1, 0.15) is 25.3 Å². The molecule has 0 aliphatic heterocycles. The van der Waals surface area contributed by atoms with E-state index in [1.807, 2.05) is 65.2 Å². The van der Waals surface area contributed by atoms with Crippen molar-refractivity contribution in [2.75, 3.05) is 11.9 Å². The van der Waals surface area contributed by atoms with Crippen molar-refractivity contribution >= 4 is 11.5 Å². The summed E-state index contributed by atoms with van der Waals surface area (Å²) in [6, 6.07) is 21.2. The second-order valence-corrected chi connectivity index (χ2v) is 6.98. The summed E-state index contributed by atoms with van der Waals surface area (Å²) in [5.74, 6) is 1.85. The Kier molecular flexibility index (Phi) is 5.66. The summed E-state index contributed by atoms with van der Waals surface area (Å²) in [4.78, 5) is 4.88. The Morgan fingerprint density at radius 1 is 1.03 bits per heavy atom. The number of benzene rings is 2. The summed E-state index contributed by atoms with van der Waals surface area (Å²) in [6.07, 6.45) is 4.16. The number of hydrogen-bond acceptors (Lipinski definition) is 4. The summed E-state index contributed by atoms with van der Waals surface area (Å²) < 4.78 is 8.12. The highest BCUT2D eigenvalue weighted by molar-refractivity contribution is 5.79. The van der Waals surface area contributed by atoms with Crippen molar-refractivity contribution in [1.29, 1.82) is 0 Å². The normalized spacial score (nSPS) is 10.9. The van der Waals surface area contributed by atoms with E-state index in [9.17, 15) is 5.11 Å². The van der Waals surface area contributed by atoms with Crippen LogP contribution in [0.4, 0.5) is 5.82 Å². The number of pyridine rings is 1. The number of phenols is 1. The van der Waals surface area contributed by atoms with Gasteiger partial charge in [0.2, 0.25) is 0 Å². The van der Waals surface area contributed by atoms with Crippen molar-refractivity contribution in [3.05, 3.63) is 78.5 Å². The number of aromatic nitrogens is 2. The summed E-state index contributed by atoms with van der Waals surface area (Å²) in [5, 5.41) is 13.5. The predicted molar refractivity (Wildman–Crippen MR) is 116 cm³/mol. The molecule has 0 saturated heterocycles. The van der Waals surface area contributed by atoms with Gasteiger partial charge in [-0.05, 0) is 36.2 Å². The van der Waals surface area contributed by atoms with Crippen LogP contribution in [0.3, 0.4) is 0 Å². The van der Waals surface area contributed by atoms with E-state index in [2.05, 4.69) is 12.2 Å². The lowest BCUT2D eigenvalue weighted by Crippen LogP contribution is -2.05. The van der Waals surface area contributed by atoms with Crippen LogP contribution in [0, 0.1) is 0 Å². The zero-order valence-electron chi connectivity index (χ0n) is 16.5. The molecule has 0 fully saturated rings. The van der Waals surface area contributed by atoms with Crippen LogP contribution < -0.4 is 10.1 Å². The number of hydrogen-bond donors (Lipinski definition) is 2. The van der Waals surface area contributed by atoms with E-state index in [4.69, 9.17) is 9.72 Å². The monoisotopic (exact) mass is 387 g/mol. The first kappa shape index (κ1) is 18.9. The summed E-state index contributed by atoms with van der Waals surface area (Å²) >= 11 is 0. The van der Waals surface area contributed by atoms with Crippen LogP contribution in [-0.2, 0) is 6.61 Å². The first-order valence-corrected chi connectivity index (χ1v) is 9.97. The first-order valence-electron chi connectivity index (χ1n) is 9.97. The predicted octanol–water partition coefficient (Wildman–Crippen LogP) is 5.50. The van der Waals surface area contributed by atoms with E-state index in [1.54, 1.807) is 12.1 Å². The van der Waals surface area contributed by atoms with Crippen molar-refractivity contribution in [2.24, 2.45) is 0 Å². The highest BCUT2D eigenvalue weighted by atomic mass is 16.5. The lowest BCUT2D eigenvalue weighted by molar-refractivity contribution is 0.308. The summed E-state index contributed by atoms with van der Waals surface area (Å²) in [6.45, 7) is 3.50. The molecular weight excluding hydrogens is 362 g/mol. The molecule has 0 atom stereocenters. The number of ether oxygens (including phenoxy) is 1. The molecule has 0 amide bonds. The molecular formula is C24H25N3O2. The van der Waals surface area contributed by atoms with Crippen molar-refractivity contribution < 1.29 is 9.84 Å². The Bertz CT molecular complexity index is 1090. The maximum Gasteiger partial charge on any atom is 0.181 e. The molecule has 29 heavy (non-hydrogen) atoms. The topological polar surface area (TPSA) is 58.8 Å².